The van der Waals surface area contributed by atoms with Crippen LogP contribution in [0.5, 0.6) is 5.75 Å². The maximum atomic E-state index is 13.3. The minimum atomic E-state index is -1.24. The van der Waals surface area contributed by atoms with Crippen LogP contribution < -0.4 is 4.74 Å². The second-order valence-corrected chi connectivity index (χ2v) is 3.04. The van der Waals surface area contributed by atoms with E-state index >= 15 is 0 Å². The van der Waals surface area contributed by atoms with Crippen molar-refractivity contribution in [1.29, 1.82) is 0 Å². The fourth-order valence-electron chi connectivity index (χ4n) is 1.09. The Kier molecular flexibility index (Phi) is 4.45. The number of carbonyl (C=O) groups is 2. The van der Waals surface area contributed by atoms with Gasteiger partial charge in [-0.05, 0) is 25.1 Å². The Labute approximate surface area is 96.8 Å². The molecule has 1 N–H and O–H groups in total. The summed E-state index contributed by atoms with van der Waals surface area (Å²) in [5.41, 5.74) is -0.189. The molecule has 6 heteroatoms. The predicted octanol–water partition coefficient (Wildman–Crippen LogP) is 1.47. The van der Waals surface area contributed by atoms with Crippen molar-refractivity contribution in [2.75, 3.05) is 13.2 Å². The Bertz CT molecular complexity index is 430. The molecule has 0 saturated heterocycles. The lowest BCUT2D eigenvalue weighted by Gasteiger charge is -2.07. The minimum absolute atomic E-state index is 0.189. The smallest absolute Gasteiger partial charge is 0.344 e. The van der Waals surface area contributed by atoms with Gasteiger partial charge in [0.2, 0.25) is 0 Å². The van der Waals surface area contributed by atoms with Gasteiger partial charge in [-0.25, -0.2) is 14.0 Å². The highest BCUT2D eigenvalue weighted by atomic mass is 19.1. The van der Waals surface area contributed by atoms with E-state index in [4.69, 9.17) is 9.84 Å². The largest absolute Gasteiger partial charge is 0.479 e. The number of rotatable bonds is 5. The number of aromatic carboxylic acids is 1. The Morgan fingerprint density at radius 3 is 2.65 bits per heavy atom. The van der Waals surface area contributed by atoms with Crippen molar-refractivity contribution in [3.05, 3.63) is 29.6 Å². The Morgan fingerprint density at radius 1 is 1.41 bits per heavy atom. The molecule has 0 aliphatic rings. The van der Waals surface area contributed by atoms with Crippen LogP contribution in [0.15, 0.2) is 18.2 Å². The van der Waals surface area contributed by atoms with E-state index in [1.54, 1.807) is 6.92 Å². The predicted molar refractivity (Wildman–Crippen MR) is 55.5 cm³/mol. The van der Waals surface area contributed by atoms with Gasteiger partial charge in [-0.15, -0.1) is 0 Å². The Hall–Kier alpha value is -2.11. The van der Waals surface area contributed by atoms with Crippen LogP contribution in [0.25, 0.3) is 0 Å². The molecule has 0 aliphatic carbocycles. The highest BCUT2D eigenvalue weighted by Gasteiger charge is 2.10. The first kappa shape index (κ1) is 13.0. The number of hydrogen-bond acceptors (Lipinski definition) is 4. The van der Waals surface area contributed by atoms with Gasteiger partial charge < -0.3 is 14.6 Å². The second kappa shape index (κ2) is 5.83. The quantitative estimate of drug-likeness (QED) is 0.791. The summed E-state index contributed by atoms with van der Waals surface area (Å²) >= 11 is 0. The molecule has 0 aromatic heterocycles. The van der Waals surface area contributed by atoms with Crippen molar-refractivity contribution in [1.82, 2.24) is 0 Å². The zero-order chi connectivity index (χ0) is 12.8. The second-order valence-electron chi connectivity index (χ2n) is 3.04. The van der Waals surface area contributed by atoms with Crippen LogP contribution in [0.2, 0.25) is 0 Å². The monoisotopic (exact) mass is 242 g/mol. The molecule has 0 saturated carbocycles. The maximum absolute atomic E-state index is 13.3. The SMILES string of the molecule is CCOC(=O)COc1ccc(C(=O)O)cc1F. The number of halogens is 1. The van der Waals surface area contributed by atoms with E-state index < -0.39 is 24.4 Å². The fraction of sp³-hybridized carbons (Fsp3) is 0.273. The minimum Gasteiger partial charge on any atom is -0.479 e. The average Bonchev–Trinajstić information content (AvgIpc) is 2.27. The third-order valence-electron chi connectivity index (χ3n) is 1.83. The number of carboxylic acids is 1. The number of carboxylic acid groups (broad SMARTS) is 1. The van der Waals surface area contributed by atoms with Gasteiger partial charge in [-0.1, -0.05) is 0 Å². The zero-order valence-electron chi connectivity index (χ0n) is 9.10. The lowest BCUT2D eigenvalue weighted by atomic mass is 10.2. The molecule has 0 spiro atoms. The molecular formula is C11H11FO5. The first-order valence-electron chi connectivity index (χ1n) is 4.86. The van der Waals surface area contributed by atoms with E-state index in [0.29, 0.717) is 0 Å². The fourth-order valence-corrected chi connectivity index (χ4v) is 1.09. The summed E-state index contributed by atoms with van der Waals surface area (Å²) in [6.07, 6.45) is 0. The number of benzene rings is 1. The van der Waals surface area contributed by atoms with Crippen LogP contribution in [0.4, 0.5) is 4.39 Å². The summed E-state index contributed by atoms with van der Waals surface area (Å²) in [7, 11) is 0. The summed E-state index contributed by atoms with van der Waals surface area (Å²) in [6, 6.07) is 3.16. The number of carbonyl (C=O) groups excluding carboxylic acids is 1. The van der Waals surface area contributed by atoms with E-state index in [1.807, 2.05) is 0 Å². The summed E-state index contributed by atoms with van der Waals surface area (Å²) in [4.78, 5) is 21.5. The normalized spacial score (nSPS) is 9.76. The summed E-state index contributed by atoms with van der Waals surface area (Å²) in [5, 5.41) is 8.61. The zero-order valence-corrected chi connectivity index (χ0v) is 9.10. The topological polar surface area (TPSA) is 72.8 Å². The lowest BCUT2D eigenvalue weighted by molar-refractivity contribution is -0.145. The van der Waals surface area contributed by atoms with Crippen LogP contribution in [-0.2, 0) is 9.53 Å². The van der Waals surface area contributed by atoms with Gasteiger partial charge >= 0.3 is 11.9 Å². The van der Waals surface area contributed by atoms with E-state index in [1.165, 1.54) is 6.07 Å². The average molecular weight is 242 g/mol. The van der Waals surface area contributed by atoms with Gasteiger partial charge in [0.15, 0.2) is 18.2 Å². The lowest BCUT2D eigenvalue weighted by Crippen LogP contribution is -2.15. The van der Waals surface area contributed by atoms with E-state index in [0.717, 1.165) is 12.1 Å². The third kappa shape index (κ3) is 3.75. The van der Waals surface area contributed by atoms with Crippen LogP contribution in [0.3, 0.4) is 0 Å². The summed E-state index contributed by atoms with van der Waals surface area (Å²) in [6.45, 7) is 1.43. The molecule has 0 bridgehead atoms. The molecular weight excluding hydrogens is 231 g/mol. The molecule has 0 amide bonds. The van der Waals surface area contributed by atoms with E-state index in [9.17, 15) is 14.0 Å². The first-order chi connectivity index (χ1) is 8.04. The van der Waals surface area contributed by atoms with Gasteiger partial charge in [0.05, 0.1) is 12.2 Å². The summed E-state index contributed by atoms with van der Waals surface area (Å²) in [5.74, 6) is -2.88. The molecule has 0 fully saturated rings. The van der Waals surface area contributed by atoms with Crippen LogP contribution >= 0.6 is 0 Å². The summed E-state index contributed by atoms with van der Waals surface area (Å²) < 4.78 is 22.7. The van der Waals surface area contributed by atoms with Crippen LogP contribution in [0, 0.1) is 5.82 Å². The van der Waals surface area contributed by atoms with Gasteiger partial charge in [-0.2, -0.15) is 0 Å². The molecule has 1 aromatic rings. The Balaban J connectivity index is 2.66. The van der Waals surface area contributed by atoms with E-state index in [2.05, 4.69) is 4.74 Å². The maximum Gasteiger partial charge on any atom is 0.344 e. The van der Waals surface area contributed by atoms with Gasteiger partial charge in [0.25, 0.3) is 0 Å². The van der Waals surface area contributed by atoms with Gasteiger partial charge in [-0.3, -0.25) is 0 Å². The molecule has 5 nitrogen and oxygen atoms in total. The number of ether oxygens (including phenoxy) is 2. The molecule has 0 heterocycles. The molecule has 1 aromatic carbocycles. The van der Waals surface area contributed by atoms with Gasteiger partial charge in [0, 0.05) is 0 Å². The highest BCUT2D eigenvalue weighted by molar-refractivity contribution is 5.87. The molecule has 0 radical (unpaired) electrons. The van der Waals surface area contributed by atoms with Crippen LogP contribution in [0.1, 0.15) is 17.3 Å². The molecule has 0 atom stereocenters. The third-order valence-corrected chi connectivity index (χ3v) is 1.83. The Morgan fingerprint density at radius 2 is 2.12 bits per heavy atom. The molecule has 0 unspecified atom stereocenters. The van der Waals surface area contributed by atoms with Crippen molar-refractivity contribution >= 4 is 11.9 Å². The van der Waals surface area contributed by atoms with Crippen molar-refractivity contribution in [2.24, 2.45) is 0 Å². The number of esters is 1. The first-order valence-corrected chi connectivity index (χ1v) is 4.86. The van der Waals surface area contributed by atoms with E-state index in [-0.39, 0.29) is 17.9 Å². The van der Waals surface area contributed by atoms with Crippen LogP contribution in [-0.4, -0.2) is 30.3 Å². The molecule has 92 valence electrons. The molecule has 1 rings (SSSR count). The van der Waals surface area contributed by atoms with Crippen molar-refractivity contribution < 1.29 is 28.6 Å². The molecule has 17 heavy (non-hydrogen) atoms. The highest BCUT2D eigenvalue weighted by Crippen LogP contribution is 2.18. The standard InChI is InChI=1S/C11H11FO5/c1-2-16-10(13)6-17-9-4-3-7(11(14)15)5-8(9)12/h3-5H,2,6H2,1H3,(H,14,15). The van der Waals surface area contributed by atoms with Crippen molar-refractivity contribution in [3.63, 3.8) is 0 Å². The van der Waals surface area contributed by atoms with Gasteiger partial charge in [0.1, 0.15) is 0 Å². The molecule has 0 aliphatic heterocycles. The van der Waals surface area contributed by atoms with Crippen molar-refractivity contribution in [3.8, 4) is 5.75 Å². The number of hydrogen-bond donors (Lipinski definition) is 1. The van der Waals surface area contributed by atoms with Crippen molar-refractivity contribution in [2.45, 2.75) is 6.92 Å².